The van der Waals surface area contributed by atoms with E-state index in [0.717, 1.165) is 17.7 Å². The predicted octanol–water partition coefficient (Wildman–Crippen LogP) is 2.29. The number of rotatable bonds is 2. The fourth-order valence-electron chi connectivity index (χ4n) is 1.01. The lowest BCUT2D eigenvalue weighted by Crippen LogP contribution is -1.79. The van der Waals surface area contributed by atoms with Gasteiger partial charge in [-0.25, -0.2) is 0 Å². The molecule has 1 aromatic rings. The van der Waals surface area contributed by atoms with Crippen molar-refractivity contribution in [3.05, 3.63) is 23.8 Å². The van der Waals surface area contributed by atoms with E-state index in [1.54, 1.807) is 18.2 Å². The summed E-state index contributed by atoms with van der Waals surface area (Å²) in [4.78, 5) is 3.82. The maximum atomic E-state index is 9.10. The van der Waals surface area contributed by atoms with E-state index >= 15 is 0 Å². The Morgan fingerprint density at radius 3 is 2.82 bits per heavy atom. The number of nitrogens with zero attached hydrogens (tertiary/aromatic N) is 1. The third-order valence-electron chi connectivity index (χ3n) is 1.61. The Labute approximate surface area is 66.2 Å². The van der Waals surface area contributed by atoms with Gasteiger partial charge >= 0.3 is 0 Å². The highest BCUT2D eigenvalue weighted by molar-refractivity contribution is 5.53. The van der Waals surface area contributed by atoms with E-state index < -0.39 is 0 Å². The van der Waals surface area contributed by atoms with Crippen molar-refractivity contribution in [1.29, 1.82) is 0 Å². The Balaban J connectivity index is 3.16. The maximum Gasteiger partial charge on any atom is 0.116 e. The SMILES string of the molecule is C=Nc1ccc(O)cc1CC. The molecule has 1 rings (SSSR count). The van der Waals surface area contributed by atoms with Gasteiger partial charge in [0.25, 0.3) is 0 Å². The first-order chi connectivity index (χ1) is 5.27. The van der Waals surface area contributed by atoms with Crippen LogP contribution in [0.15, 0.2) is 23.2 Å². The highest BCUT2D eigenvalue weighted by Gasteiger charge is 1.98. The number of hydrogen-bond acceptors (Lipinski definition) is 2. The largest absolute Gasteiger partial charge is 0.508 e. The predicted molar refractivity (Wildman–Crippen MR) is 46.7 cm³/mol. The zero-order chi connectivity index (χ0) is 8.27. The van der Waals surface area contributed by atoms with Gasteiger partial charge in [-0.2, -0.15) is 0 Å². The second-order valence-corrected chi connectivity index (χ2v) is 2.32. The van der Waals surface area contributed by atoms with Crippen molar-refractivity contribution < 1.29 is 5.11 Å². The molecular formula is C9H11NO. The number of aromatic hydroxyl groups is 1. The van der Waals surface area contributed by atoms with Crippen molar-refractivity contribution in [2.75, 3.05) is 0 Å². The molecule has 0 heterocycles. The fourth-order valence-corrected chi connectivity index (χ4v) is 1.01. The standard InChI is InChI=1S/C9H11NO/c1-3-7-6-8(11)4-5-9(7)10-2/h4-6,11H,2-3H2,1H3. The summed E-state index contributed by atoms with van der Waals surface area (Å²) in [5, 5.41) is 9.10. The number of phenols is 1. The van der Waals surface area contributed by atoms with Crippen molar-refractivity contribution in [3.63, 3.8) is 0 Å². The monoisotopic (exact) mass is 149 g/mol. The van der Waals surface area contributed by atoms with Gasteiger partial charge in [0.1, 0.15) is 5.75 Å². The van der Waals surface area contributed by atoms with Crippen LogP contribution in [0.25, 0.3) is 0 Å². The number of hydrogen-bond donors (Lipinski definition) is 1. The number of benzene rings is 1. The van der Waals surface area contributed by atoms with Crippen molar-refractivity contribution in [2.24, 2.45) is 4.99 Å². The summed E-state index contributed by atoms with van der Waals surface area (Å²) in [7, 11) is 0. The van der Waals surface area contributed by atoms with Crippen LogP contribution >= 0.6 is 0 Å². The lowest BCUT2D eigenvalue weighted by molar-refractivity contribution is 0.474. The summed E-state index contributed by atoms with van der Waals surface area (Å²) >= 11 is 0. The van der Waals surface area contributed by atoms with E-state index in [0.29, 0.717) is 0 Å². The molecule has 2 nitrogen and oxygen atoms in total. The topological polar surface area (TPSA) is 32.6 Å². The van der Waals surface area contributed by atoms with Crippen LogP contribution in [0.1, 0.15) is 12.5 Å². The smallest absolute Gasteiger partial charge is 0.116 e. The molecule has 58 valence electrons. The van der Waals surface area contributed by atoms with Gasteiger partial charge in [-0.3, -0.25) is 4.99 Å². The van der Waals surface area contributed by atoms with E-state index in [1.165, 1.54) is 0 Å². The Kier molecular flexibility index (Phi) is 2.26. The minimum absolute atomic E-state index is 0.286. The molecule has 0 bridgehead atoms. The van der Waals surface area contributed by atoms with Gasteiger partial charge in [0.05, 0.1) is 5.69 Å². The van der Waals surface area contributed by atoms with Crippen molar-refractivity contribution in [3.8, 4) is 5.75 Å². The van der Waals surface area contributed by atoms with Crippen LogP contribution in [0.2, 0.25) is 0 Å². The van der Waals surface area contributed by atoms with Crippen LogP contribution in [-0.4, -0.2) is 11.8 Å². The molecule has 0 aliphatic rings. The highest BCUT2D eigenvalue weighted by Crippen LogP contribution is 2.23. The highest BCUT2D eigenvalue weighted by atomic mass is 16.3. The third-order valence-corrected chi connectivity index (χ3v) is 1.61. The van der Waals surface area contributed by atoms with Crippen LogP contribution in [-0.2, 0) is 6.42 Å². The molecule has 2 heteroatoms. The van der Waals surface area contributed by atoms with Crippen LogP contribution in [0, 0.1) is 0 Å². The Hall–Kier alpha value is -1.31. The molecule has 0 aliphatic carbocycles. The van der Waals surface area contributed by atoms with E-state index in [-0.39, 0.29) is 5.75 Å². The number of aliphatic imine (C=N–C) groups is 1. The quantitative estimate of drug-likeness (QED) is 0.643. The third kappa shape index (κ3) is 1.58. The van der Waals surface area contributed by atoms with E-state index in [9.17, 15) is 0 Å². The molecule has 0 spiro atoms. The van der Waals surface area contributed by atoms with Crippen LogP contribution < -0.4 is 0 Å². The maximum absolute atomic E-state index is 9.10. The van der Waals surface area contributed by atoms with Gasteiger partial charge in [-0.05, 0) is 36.9 Å². The van der Waals surface area contributed by atoms with E-state index in [4.69, 9.17) is 5.11 Å². The van der Waals surface area contributed by atoms with Gasteiger partial charge in [0, 0.05) is 0 Å². The Bertz CT molecular complexity index is 268. The molecule has 0 saturated carbocycles. The second kappa shape index (κ2) is 3.19. The van der Waals surface area contributed by atoms with Crippen molar-refractivity contribution >= 4 is 12.4 Å². The molecule has 0 amide bonds. The Morgan fingerprint density at radius 1 is 1.55 bits per heavy atom. The number of phenolic OH excluding ortho intramolecular Hbond substituents is 1. The normalized spacial score (nSPS) is 9.55. The molecule has 0 aromatic heterocycles. The van der Waals surface area contributed by atoms with Gasteiger partial charge in [-0.1, -0.05) is 6.92 Å². The van der Waals surface area contributed by atoms with Crippen molar-refractivity contribution in [2.45, 2.75) is 13.3 Å². The average molecular weight is 149 g/mol. The van der Waals surface area contributed by atoms with E-state index in [1.807, 2.05) is 6.92 Å². The molecule has 0 fully saturated rings. The fraction of sp³-hybridized carbons (Fsp3) is 0.222. The molecule has 11 heavy (non-hydrogen) atoms. The molecule has 0 atom stereocenters. The summed E-state index contributed by atoms with van der Waals surface area (Å²) in [5.41, 5.74) is 1.88. The van der Waals surface area contributed by atoms with Crippen molar-refractivity contribution in [1.82, 2.24) is 0 Å². The Morgan fingerprint density at radius 2 is 2.27 bits per heavy atom. The first-order valence-electron chi connectivity index (χ1n) is 3.56. The summed E-state index contributed by atoms with van der Waals surface area (Å²) in [6, 6.07) is 5.09. The first kappa shape index (κ1) is 7.79. The summed E-state index contributed by atoms with van der Waals surface area (Å²) in [6.07, 6.45) is 0.864. The van der Waals surface area contributed by atoms with Crippen LogP contribution in [0.4, 0.5) is 5.69 Å². The van der Waals surface area contributed by atoms with Gasteiger partial charge in [-0.15, -0.1) is 0 Å². The van der Waals surface area contributed by atoms with Gasteiger partial charge < -0.3 is 5.11 Å². The zero-order valence-electron chi connectivity index (χ0n) is 6.54. The number of aryl methyl sites for hydroxylation is 1. The molecule has 0 aliphatic heterocycles. The minimum atomic E-state index is 0.286. The molecule has 0 saturated heterocycles. The first-order valence-corrected chi connectivity index (χ1v) is 3.56. The van der Waals surface area contributed by atoms with Gasteiger partial charge in [0.2, 0.25) is 0 Å². The summed E-state index contributed by atoms with van der Waals surface area (Å²) < 4.78 is 0. The van der Waals surface area contributed by atoms with E-state index in [2.05, 4.69) is 11.7 Å². The van der Waals surface area contributed by atoms with Crippen LogP contribution in [0.3, 0.4) is 0 Å². The summed E-state index contributed by atoms with van der Waals surface area (Å²) in [5.74, 6) is 0.286. The minimum Gasteiger partial charge on any atom is -0.508 e. The summed E-state index contributed by atoms with van der Waals surface area (Å²) in [6.45, 7) is 5.45. The second-order valence-electron chi connectivity index (χ2n) is 2.32. The molecular weight excluding hydrogens is 138 g/mol. The van der Waals surface area contributed by atoms with Crippen LogP contribution in [0.5, 0.6) is 5.75 Å². The van der Waals surface area contributed by atoms with Gasteiger partial charge in [0.15, 0.2) is 0 Å². The molecule has 0 unspecified atom stereocenters. The molecule has 1 aromatic carbocycles. The zero-order valence-corrected chi connectivity index (χ0v) is 6.54. The lowest BCUT2D eigenvalue weighted by Gasteiger charge is -2.01. The lowest BCUT2D eigenvalue weighted by atomic mass is 10.1. The molecule has 1 N–H and O–H groups in total. The molecule has 0 radical (unpaired) electrons. The average Bonchev–Trinajstić information content (AvgIpc) is 2.04.